The SMILES string of the molecule is COc1ccc2c(c1)CCCN2C(=O)CCOc1cccc(Br)c1. The molecule has 24 heavy (non-hydrogen) atoms. The van der Waals surface area contributed by atoms with E-state index in [0.717, 1.165) is 41.0 Å². The van der Waals surface area contributed by atoms with E-state index in [4.69, 9.17) is 9.47 Å². The molecule has 3 rings (SSSR count). The van der Waals surface area contributed by atoms with Crippen LogP contribution in [0.4, 0.5) is 5.69 Å². The molecule has 1 aliphatic rings. The van der Waals surface area contributed by atoms with Gasteiger partial charge < -0.3 is 14.4 Å². The summed E-state index contributed by atoms with van der Waals surface area (Å²) in [6.07, 6.45) is 2.31. The van der Waals surface area contributed by atoms with Gasteiger partial charge in [-0.25, -0.2) is 0 Å². The first kappa shape index (κ1) is 16.8. The highest BCUT2D eigenvalue weighted by Crippen LogP contribution is 2.31. The van der Waals surface area contributed by atoms with Gasteiger partial charge >= 0.3 is 0 Å². The summed E-state index contributed by atoms with van der Waals surface area (Å²) in [4.78, 5) is 14.4. The molecule has 2 aromatic carbocycles. The third-order valence-corrected chi connectivity index (χ3v) is 4.58. The van der Waals surface area contributed by atoms with Gasteiger partial charge in [0.05, 0.1) is 20.1 Å². The molecule has 1 aliphatic heterocycles. The van der Waals surface area contributed by atoms with E-state index in [1.807, 2.05) is 47.4 Å². The quantitative estimate of drug-likeness (QED) is 0.768. The van der Waals surface area contributed by atoms with Crippen LogP contribution in [-0.4, -0.2) is 26.2 Å². The van der Waals surface area contributed by atoms with E-state index in [-0.39, 0.29) is 5.91 Å². The van der Waals surface area contributed by atoms with E-state index in [0.29, 0.717) is 13.0 Å². The van der Waals surface area contributed by atoms with Crippen LogP contribution in [-0.2, 0) is 11.2 Å². The van der Waals surface area contributed by atoms with Crippen LogP contribution in [0.15, 0.2) is 46.9 Å². The third kappa shape index (κ3) is 3.90. The molecule has 0 aliphatic carbocycles. The molecule has 0 spiro atoms. The van der Waals surface area contributed by atoms with Crippen LogP contribution in [0.2, 0.25) is 0 Å². The molecule has 0 aromatic heterocycles. The van der Waals surface area contributed by atoms with Crippen molar-refractivity contribution in [3.8, 4) is 11.5 Å². The highest BCUT2D eigenvalue weighted by Gasteiger charge is 2.22. The molecule has 126 valence electrons. The fourth-order valence-electron chi connectivity index (χ4n) is 2.91. The normalized spacial score (nSPS) is 13.3. The van der Waals surface area contributed by atoms with Crippen LogP contribution in [0.25, 0.3) is 0 Å². The summed E-state index contributed by atoms with van der Waals surface area (Å²) in [5.41, 5.74) is 2.16. The summed E-state index contributed by atoms with van der Waals surface area (Å²) in [6.45, 7) is 1.13. The predicted octanol–water partition coefficient (Wildman–Crippen LogP) is 4.21. The van der Waals surface area contributed by atoms with Crippen molar-refractivity contribution in [2.75, 3.05) is 25.2 Å². The minimum Gasteiger partial charge on any atom is -0.497 e. The maximum atomic E-state index is 12.6. The first-order valence-corrected chi connectivity index (χ1v) is 8.82. The van der Waals surface area contributed by atoms with Crippen LogP contribution < -0.4 is 14.4 Å². The van der Waals surface area contributed by atoms with Gasteiger partial charge in [0.2, 0.25) is 5.91 Å². The Balaban J connectivity index is 1.62. The number of rotatable bonds is 5. The molecule has 0 radical (unpaired) electrons. The van der Waals surface area contributed by atoms with E-state index >= 15 is 0 Å². The monoisotopic (exact) mass is 389 g/mol. The lowest BCUT2D eigenvalue weighted by Gasteiger charge is -2.29. The second kappa shape index (κ2) is 7.71. The van der Waals surface area contributed by atoms with Gasteiger partial charge in [0, 0.05) is 16.7 Å². The number of hydrogen-bond donors (Lipinski definition) is 0. The Labute approximate surface area is 150 Å². The summed E-state index contributed by atoms with van der Waals surface area (Å²) < 4.78 is 11.9. The smallest absolute Gasteiger partial charge is 0.230 e. The third-order valence-electron chi connectivity index (χ3n) is 4.09. The Kier molecular flexibility index (Phi) is 5.41. The molecule has 0 saturated carbocycles. The zero-order chi connectivity index (χ0) is 16.9. The summed E-state index contributed by atoms with van der Waals surface area (Å²) >= 11 is 3.41. The van der Waals surface area contributed by atoms with Crippen LogP contribution in [0, 0.1) is 0 Å². The molecule has 0 saturated heterocycles. The molecule has 4 nitrogen and oxygen atoms in total. The van der Waals surface area contributed by atoms with Crippen molar-refractivity contribution in [1.82, 2.24) is 0 Å². The van der Waals surface area contributed by atoms with E-state index in [1.165, 1.54) is 5.56 Å². The van der Waals surface area contributed by atoms with Gasteiger partial charge in [0.15, 0.2) is 0 Å². The largest absolute Gasteiger partial charge is 0.497 e. The standard InChI is InChI=1S/C19H20BrNO3/c1-23-16-7-8-18-14(12-16)4-3-10-21(18)19(22)9-11-24-17-6-2-5-15(20)13-17/h2,5-8,12-13H,3-4,9-11H2,1H3. The number of benzene rings is 2. The van der Waals surface area contributed by atoms with Crippen molar-refractivity contribution < 1.29 is 14.3 Å². The number of hydrogen-bond acceptors (Lipinski definition) is 3. The molecule has 2 aromatic rings. The van der Waals surface area contributed by atoms with Crippen molar-refractivity contribution >= 4 is 27.5 Å². The zero-order valence-corrected chi connectivity index (χ0v) is 15.2. The number of amides is 1. The van der Waals surface area contributed by atoms with Crippen molar-refractivity contribution in [2.45, 2.75) is 19.3 Å². The maximum Gasteiger partial charge on any atom is 0.230 e. The van der Waals surface area contributed by atoms with E-state index in [9.17, 15) is 4.79 Å². The van der Waals surface area contributed by atoms with Crippen LogP contribution in [0.3, 0.4) is 0 Å². The number of anilines is 1. The summed E-state index contributed by atoms with van der Waals surface area (Å²) in [5, 5.41) is 0. The molecule has 0 bridgehead atoms. The number of ether oxygens (including phenoxy) is 2. The molecular formula is C19H20BrNO3. The van der Waals surface area contributed by atoms with Gasteiger partial charge in [0.25, 0.3) is 0 Å². The Morgan fingerprint density at radius 1 is 1.21 bits per heavy atom. The molecule has 1 amide bonds. The minimum absolute atomic E-state index is 0.0936. The number of aryl methyl sites for hydroxylation is 1. The summed E-state index contributed by atoms with van der Waals surface area (Å²) in [6, 6.07) is 13.5. The summed E-state index contributed by atoms with van der Waals surface area (Å²) in [7, 11) is 1.66. The average Bonchev–Trinajstić information content (AvgIpc) is 2.60. The van der Waals surface area contributed by atoms with E-state index in [1.54, 1.807) is 7.11 Å². The molecule has 0 N–H and O–H groups in total. The Morgan fingerprint density at radius 2 is 2.08 bits per heavy atom. The molecule has 5 heteroatoms. The highest BCUT2D eigenvalue weighted by atomic mass is 79.9. The fraction of sp³-hybridized carbons (Fsp3) is 0.316. The number of methoxy groups -OCH3 is 1. The van der Waals surface area contributed by atoms with Crippen LogP contribution >= 0.6 is 15.9 Å². The first-order valence-electron chi connectivity index (χ1n) is 8.03. The minimum atomic E-state index is 0.0936. The lowest BCUT2D eigenvalue weighted by atomic mass is 10.0. The Morgan fingerprint density at radius 3 is 2.88 bits per heavy atom. The van der Waals surface area contributed by atoms with Gasteiger partial charge in [-0.1, -0.05) is 22.0 Å². The van der Waals surface area contributed by atoms with Crippen LogP contribution in [0.1, 0.15) is 18.4 Å². The maximum absolute atomic E-state index is 12.6. The fourth-order valence-corrected chi connectivity index (χ4v) is 3.29. The number of fused-ring (bicyclic) bond motifs is 1. The lowest BCUT2D eigenvalue weighted by molar-refractivity contribution is -0.119. The van der Waals surface area contributed by atoms with Crippen molar-refractivity contribution in [1.29, 1.82) is 0 Å². The van der Waals surface area contributed by atoms with Crippen molar-refractivity contribution in [3.05, 3.63) is 52.5 Å². The number of carbonyl (C=O) groups excluding carboxylic acids is 1. The molecule has 0 fully saturated rings. The van der Waals surface area contributed by atoms with Crippen molar-refractivity contribution in [3.63, 3.8) is 0 Å². The molecule has 0 atom stereocenters. The van der Waals surface area contributed by atoms with Crippen molar-refractivity contribution in [2.24, 2.45) is 0 Å². The van der Waals surface area contributed by atoms with Gasteiger partial charge in [-0.3, -0.25) is 4.79 Å². The predicted molar refractivity (Wildman–Crippen MR) is 97.9 cm³/mol. The average molecular weight is 390 g/mol. The number of nitrogens with zero attached hydrogens (tertiary/aromatic N) is 1. The number of carbonyl (C=O) groups is 1. The lowest BCUT2D eigenvalue weighted by Crippen LogP contribution is -2.36. The summed E-state index contributed by atoms with van der Waals surface area (Å²) in [5.74, 6) is 1.69. The zero-order valence-electron chi connectivity index (χ0n) is 13.6. The number of halogens is 1. The Bertz CT molecular complexity index is 732. The second-order valence-corrected chi connectivity index (χ2v) is 6.62. The van der Waals surface area contributed by atoms with Gasteiger partial charge in [-0.2, -0.15) is 0 Å². The van der Waals surface area contributed by atoms with Gasteiger partial charge in [-0.05, 0) is 54.8 Å². The molecular weight excluding hydrogens is 370 g/mol. The van der Waals surface area contributed by atoms with Crippen LogP contribution in [0.5, 0.6) is 11.5 Å². The highest BCUT2D eigenvalue weighted by molar-refractivity contribution is 9.10. The Hall–Kier alpha value is -2.01. The van der Waals surface area contributed by atoms with Gasteiger partial charge in [-0.15, -0.1) is 0 Å². The first-order chi connectivity index (χ1) is 11.7. The van der Waals surface area contributed by atoms with Gasteiger partial charge in [0.1, 0.15) is 11.5 Å². The molecule has 1 heterocycles. The molecule has 0 unspecified atom stereocenters. The van der Waals surface area contributed by atoms with E-state index < -0.39 is 0 Å². The van der Waals surface area contributed by atoms with E-state index in [2.05, 4.69) is 15.9 Å². The second-order valence-electron chi connectivity index (χ2n) is 5.70. The topological polar surface area (TPSA) is 38.8 Å².